The molecule has 2 aromatic carbocycles. The van der Waals surface area contributed by atoms with Crippen molar-refractivity contribution in [3.8, 4) is 17.2 Å². The first-order valence-electron chi connectivity index (χ1n) is 9.92. The Morgan fingerprint density at radius 1 is 1.06 bits per heavy atom. The van der Waals surface area contributed by atoms with Crippen LogP contribution in [0.5, 0.6) is 17.2 Å². The highest BCUT2D eigenvalue weighted by Crippen LogP contribution is 2.29. The number of ether oxygens (including phenoxy) is 4. The quantitative estimate of drug-likeness (QED) is 0.538. The molecule has 3 rings (SSSR count). The summed E-state index contributed by atoms with van der Waals surface area (Å²) in [6.07, 6.45) is 0. The van der Waals surface area contributed by atoms with Crippen LogP contribution in [0, 0.1) is 0 Å². The lowest BCUT2D eigenvalue weighted by Crippen LogP contribution is -2.40. The van der Waals surface area contributed by atoms with Crippen molar-refractivity contribution in [3.05, 3.63) is 42.0 Å². The van der Waals surface area contributed by atoms with Gasteiger partial charge in [0.05, 0.1) is 43.6 Å². The third kappa shape index (κ3) is 5.72. The largest absolute Gasteiger partial charge is 0.497 e. The molecule has 0 radical (unpaired) electrons. The van der Waals surface area contributed by atoms with Gasteiger partial charge in [-0.25, -0.2) is 8.42 Å². The third-order valence-corrected chi connectivity index (χ3v) is 6.76. The summed E-state index contributed by atoms with van der Waals surface area (Å²) in [7, 11) is -0.933. The van der Waals surface area contributed by atoms with Crippen LogP contribution in [0.25, 0.3) is 0 Å². The normalized spacial score (nSPS) is 14.4. The zero-order chi connectivity index (χ0) is 24.0. The van der Waals surface area contributed by atoms with E-state index in [4.69, 9.17) is 24.7 Å². The minimum atomic E-state index is -3.77. The molecular weight excluding hydrogens is 454 g/mol. The molecule has 0 spiro atoms. The Labute approximate surface area is 191 Å². The number of amides is 2. The molecule has 11 nitrogen and oxygen atoms in total. The number of hydrogen-bond donors (Lipinski definition) is 2. The molecule has 0 aromatic heterocycles. The number of primary amides is 1. The predicted molar refractivity (Wildman–Crippen MR) is 118 cm³/mol. The maximum atomic E-state index is 12.9. The molecule has 0 saturated carbocycles. The number of sulfonamides is 1. The van der Waals surface area contributed by atoms with E-state index in [0.717, 1.165) is 0 Å². The lowest BCUT2D eigenvalue weighted by Gasteiger charge is -2.26. The molecule has 0 bridgehead atoms. The number of methoxy groups -OCH3 is 2. The number of anilines is 1. The summed E-state index contributed by atoms with van der Waals surface area (Å²) in [5.41, 5.74) is 5.58. The number of hydrogen-bond acceptors (Lipinski definition) is 8. The second-order valence-electron chi connectivity index (χ2n) is 6.94. The first kappa shape index (κ1) is 24.3. The molecule has 1 fully saturated rings. The number of carbonyl (C=O) groups excluding carboxylic acids is 2. The van der Waals surface area contributed by atoms with Crippen molar-refractivity contribution in [2.45, 2.75) is 4.90 Å². The van der Waals surface area contributed by atoms with Crippen LogP contribution in [0.15, 0.2) is 41.3 Å². The van der Waals surface area contributed by atoms with Gasteiger partial charge in [0.25, 0.3) is 11.8 Å². The van der Waals surface area contributed by atoms with Gasteiger partial charge >= 0.3 is 0 Å². The maximum absolute atomic E-state index is 12.9. The Kier molecular flexibility index (Phi) is 7.74. The Morgan fingerprint density at radius 3 is 2.42 bits per heavy atom. The molecule has 1 heterocycles. The smallest absolute Gasteiger partial charge is 0.262 e. The van der Waals surface area contributed by atoms with Gasteiger partial charge in [0.1, 0.15) is 17.2 Å². The standard InChI is InChI=1S/C21H25N3O8S/c1-29-14-3-5-16(21(22)26)19(11-14)32-13-20(25)23-17-12-15(4-6-18(17)30-2)33(27,28)24-7-9-31-10-8-24/h3-6,11-12H,7-10,13H2,1-2H3,(H2,22,26)(H,23,25). The molecular formula is C21H25N3O8S. The highest BCUT2D eigenvalue weighted by atomic mass is 32.2. The van der Waals surface area contributed by atoms with Gasteiger partial charge in [-0.3, -0.25) is 9.59 Å². The van der Waals surface area contributed by atoms with Crippen molar-refractivity contribution in [1.29, 1.82) is 0 Å². The summed E-state index contributed by atoms with van der Waals surface area (Å²) < 4.78 is 48.2. The third-order valence-electron chi connectivity index (χ3n) is 4.87. The Hall–Kier alpha value is -3.35. The molecule has 2 amide bonds. The van der Waals surface area contributed by atoms with Crippen LogP contribution in [0.4, 0.5) is 5.69 Å². The topological polar surface area (TPSA) is 146 Å². The van der Waals surface area contributed by atoms with Crippen LogP contribution in [-0.2, 0) is 19.6 Å². The van der Waals surface area contributed by atoms with Gasteiger partial charge in [-0.2, -0.15) is 4.31 Å². The first-order valence-corrected chi connectivity index (χ1v) is 11.4. The molecule has 1 aliphatic rings. The molecule has 2 aromatic rings. The zero-order valence-corrected chi connectivity index (χ0v) is 19.0. The Bertz CT molecular complexity index is 1130. The number of rotatable bonds is 9. The Morgan fingerprint density at radius 2 is 1.79 bits per heavy atom. The number of carbonyl (C=O) groups is 2. The van der Waals surface area contributed by atoms with Gasteiger partial charge in [0.2, 0.25) is 10.0 Å². The van der Waals surface area contributed by atoms with E-state index >= 15 is 0 Å². The Balaban J connectivity index is 1.77. The highest BCUT2D eigenvalue weighted by molar-refractivity contribution is 7.89. The monoisotopic (exact) mass is 479 g/mol. The summed E-state index contributed by atoms with van der Waals surface area (Å²) >= 11 is 0. The van der Waals surface area contributed by atoms with Crippen molar-refractivity contribution in [2.24, 2.45) is 5.73 Å². The van der Waals surface area contributed by atoms with Crippen molar-refractivity contribution in [2.75, 3.05) is 52.4 Å². The summed E-state index contributed by atoms with van der Waals surface area (Å²) in [5, 5.41) is 2.58. The van der Waals surface area contributed by atoms with Crippen LogP contribution in [0.2, 0.25) is 0 Å². The number of nitrogens with two attached hydrogens (primary N) is 1. The van der Waals surface area contributed by atoms with Crippen molar-refractivity contribution >= 4 is 27.5 Å². The van der Waals surface area contributed by atoms with Crippen LogP contribution in [-0.4, -0.2) is 71.7 Å². The average Bonchev–Trinajstić information content (AvgIpc) is 2.82. The predicted octanol–water partition coefficient (Wildman–Crippen LogP) is 0.841. The van der Waals surface area contributed by atoms with E-state index in [1.54, 1.807) is 0 Å². The van der Waals surface area contributed by atoms with E-state index in [0.29, 0.717) is 19.0 Å². The molecule has 33 heavy (non-hydrogen) atoms. The molecule has 0 atom stereocenters. The fourth-order valence-corrected chi connectivity index (χ4v) is 4.60. The molecule has 0 unspecified atom stereocenters. The maximum Gasteiger partial charge on any atom is 0.262 e. The minimum absolute atomic E-state index is 0.00484. The summed E-state index contributed by atoms with van der Waals surface area (Å²) in [6.45, 7) is 0.637. The fraction of sp³-hybridized carbons (Fsp3) is 0.333. The van der Waals surface area contributed by atoms with Gasteiger partial charge < -0.3 is 30.0 Å². The molecule has 178 valence electrons. The van der Waals surface area contributed by atoms with Crippen molar-refractivity contribution < 1.29 is 37.0 Å². The molecule has 12 heteroatoms. The number of nitrogens with one attached hydrogen (secondary N) is 1. The average molecular weight is 480 g/mol. The van der Waals surface area contributed by atoms with Crippen molar-refractivity contribution in [3.63, 3.8) is 0 Å². The van der Waals surface area contributed by atoms with E-state index in [1.165, 1.54) is 54.9 Å². The van der Waals surface area contributed by atoms with E-state index in [2.05, 4.69) is 5.32 Å². The minimum Gasteiger partial charge on any atom is -0.497 e. The zero-order valence-electron chi connectivity index (χ0n) is 18.2. The van der Waals surface area contributed by atoms with Gasteiger partial charge in [0.15, 0.2) is 6.61 Å². The van der Waals surface area contributed by atoms with E-state index in [-0.39, 0.29) is 40.7 Å². The number of nitrogens with zero attached hydrogens (tertiary/aromatic N) is 1. The highest BCUT2D eigenvalue weighted by Gasteiger charge is 2.27. The second kappa shape index (κ2) is 10.5. The summed E-state index contributed by atoms with van der Waals surface area (Å²) in [6, 6.07) is 8.59. The van der Waals surface area contributed by atoms with Gasteiger partial charge in [-0.05, 0) is 30.3 Å². The SMILES string of the molecule is COc1ccc(C(N)=O)c(OCC(=O)Nc2cc(S(=O)(=O)N3CCOCC3)ccc2OC)c1. The summed E-state index contributed by atoms with van der Waals surface area (Å²) in [5.74, 6) is -0.572. The second-order valence-corrected chi connectivity index (χ2v) is 8.88. The van der Waals surface area contributed by atoms with Gasteiger partial charge in [-0.1, -0.05) is 0 Å². The van der Waals surface area contributed by atoms with E-state index < -0.39 is 28.4 Å². The van der Waals surface area contributed by atoms with Gasteiger partial charge in [0, 0.05) is 19.2 Å². The molecule has 0 aliphatic carbocycles. The number of morpholine rings is 1. The van der Waals surface area contributed by atoms with E-state index in [1.807, 2.05) is 0 Å². The van der Waals surface area contributed by atoms with Gasteiger partial charge in [-0.15, -0.1) is 0 Å². The van der Waals surface area contributed by atoms with E-state index in [9.17, 15) is 18.0 Å². The van der Waals surface area contributed by atoms with Crippen LogP contribution < -0.4 is 25.3 Å². The molecule has 1 aliphatic heterocycles. The summed E-state index contributed by atoms with van der Waals surface area (Å²) in [4.78, 5) is 24.2. The molecule has 3 N–H and O–H groups in total. The first-order chi connectivity index (χ1) is 15.8. The molecule has 1 saturated heterocycles. The fourth-order valence-electron chi connectivity index (χ4n) is 3.16. The van der Waals surface area contributed by atoms with Crippen molar-refractivity contribution in [1.82, 2.24) is 4.31 Å². The number of benzene rings is 2. The van der Waals surface area contributed by atoms with Crippen LogP contribution in [0.3, 0.4) is 0 Å². The lowest BCUT2D eigenvalue weighted by atomic mass is 10.2. The van der Waals surface area contributed by atoms with Crippen LogP contribution in [0.1, 0.15) is 10.4 Å². The lowest BCUT2D eigenvalue weighted by molar-refractivity contribution is -0.118. The van der Waals surface area contributed by atoms with Crippen LogP contribution >= 0.6 is 0 Å².